The van der Waals surface area contributed by atoms with Gasteiger partial charge in [0.25, 0.3) is 0 Å². The van der Waals surface area contributed by atoms with Gasteiger partial charge in [-0.1, -0.05) is 27.7 Å². The molecular weight excluding hydrogens is 166 g/mol. The molecule has 0 radical (unpaired) electrons. The summed E-state index contributed by atoms with van der Waals surface area (Å²) in [6, 6.07) is 0. The summed E-state index contributed by atoms with van der Waals surface area (Å²) in [5.74, 6) is 0.266. The number of hydrogen-bond donors (Lipinski definition) is 3. The molecule has 0 rings (SSSR count). The fraction of sp³-hybridized carbons (Fsp3) is 1.00. The third-order valence-electron chi connectivity index (χ3n) is 2.83. The number of aliphatic hydroxyl groups is 2. The highest BCUT2D eigenvalue weighted by Crippen LogP contribution is 2.30. The fourth-order valence-corrected chi connectivity index (χ4v) is 1.60. The van der Waals surface area contributed by atoms with Gasteiger partial charge in [-0.15, -0.1) is 0 Å². The molecule has 0 aromatic heterocycles. The molecule has 1 atom stereocenters. The second kappa shape index (κ2) is 4.94. The highest BCUT2D eigenvalue weighted by Gasteiger charge is 2.36. The lowest BCUT2D eigenvalue weighted by molar-refractivity contribution is -0.0785. The van der Waals surface area contributed by atoms with E-state index in [1.807, 2.05) is 27.7 Å². The quantitative estimate of drug-likeness (QED) is 0.597. The van der Waals surface area contributed by atoms with Crippen molar-refractivity contribution in [2.75, 3.05) is 6.54 Å². The molecule has 0 fully saturated rings. The molecule has 80 valence electrons. The van der Waals surface area contributed by atoms with Crippen molar-refractivity contribution in [1.29, 1.82) is 0 Å². The van der Waals surface area contributed by atoms with E-state index >= 15 is 0 Å². The SMILES string of the molecule is CC(C)C(O)(CC(O)CN)C(C)C. The lowest BCUT2D eigenvalue weighted by atomic mass is 9.76. The third kappa shape index (κ3) is 3.25. The van der Waals surface area contributed by atoms with Crippen LogP contribution in [0.4, 0.5) is 0 Å². The molecule has 0 amide bonds. The summed E-state index contributed by atoms with van der Waals surface area (Å²) in [5, 5.41) is 19.7. The lowest BCUT2D eigenvalue weighted by Gasteiger charge is -2.37. The summed E-state index contributed by atoms with van der Waals surface area (Å²) < 4.78 is 0. The average Bonchev–Trinajstić information content (AvgIpc) is 2.03. The van der Waals surface area contributed by atoms with Crippen LogP contribution in [0.2, 0.25) is 0 Å². The predicted octanol–water partition coefficient (Wildman–Crippen LogP) is 0.739. The highest BCUT2D eigenvalue weighted by molar-refractivity contribution is 4.87. The van der Waals surface area contributed by atoms with E-state index in [4.69, 9.17) is 5.73 Å². The van der Waals surface area contributed by atoms with Crippen LogP contribution in [-0.4, -0.2) is 28.5 Å². The molecule has 0 aliphatic heterocycles. The van der Waals surface area contributed by atoms with E-state index in [0.29, 0.717) is 6.42 Å². The molecular formula is C10H23NO2. The average molecular weight is 189 g/mol. The summed E-state index contributed by atoms with van der Waals surface area (Å²) in [6.45, 7) is 8.06. The molecule has 3 nitrogen and oxygen atoms in total. The monoisotopic (exact) mass is 189 g/mol. The van der Waals surface area contributed by atoms with Gasteiger partial charge in [-0.2, -0.15) is 0 Å². The molecule has 0 aliphatic rings. The van der Waals surface area contributed by atoms with E-state index < -0.39 is 11.7 Å². The first-order valence-corrected chi connectivity index (χ1v) is 4.95. The summed E-state index contributed by atoms with van der Waals surface area (Å²) in [5.41, 5.74) is 4.51. The van der Waals surface area contributed by atoms with Gasteiger partial charge in [0.1, 0.15) is 0 Å². The molecule has 13 heavy (non-hydrogen) atoms. The molecule has 3 heteroatoms. The Balaban J connectivity index is 4.42. The normalized spacial score (nSPS) is 15.5. The van der Waals surface area contributed by atoms with E-state index in [-0.39, 0.29) is 18.4 Å². The minimum absolute atomic E-state index is 0.133. The zero-order valence-electron chi connectivity index (χ0n) is 9.12. The largest absolute Gasteiger partial charge is 0.392 e. The number of rotatable bonds is 5. The third-order valence-corrected chi connectivity index (χ3v) is 2.83. The van der Waals surface area contributed by atoms with Crippen molar-refractivity contribution >= 4 is 0 Å². The van der Waals surface area contributed by atoms with Gasteiger partial charge in [-0.25, -0.2) is 0 Å². The van der Waals surface area contributed by atoms with E-state index in [9.17, 15) is 10.2 Å². The van der Waals surface area contributed by atoms with Crippen molar-refractivity contribution in [1.82, 2.24) is 0 Å². The maximum atomic E-state index is 10.3. The van der Waals surface area contributed by atoms with Crippen LogP contribution in [0, 0.1) is 11.8 Å². The Morgan fingerprint density at radius 3 is 1.77 bits per heavy atom. The van der Waals surface area contributed by atoms with Crippen LogP contribution in [-0.2, 0) is 0 Å². The van der Waals surface area contributed by atoms with Crippen molar-refractivity contribution in [3.63, 3.8) is 0 Å². The predicted molar refractivity (Wildman–Crippen MR) is 54.3 cm³/mol. The molecule has 0 aromatic carbocycles. The second-order valence-corrected chi connectivity index (χ2v) is 4.39. The standard InChI is InChI=1S/C10H23NO2/c1-7(2)10(13,8(3)4)5-9(12)6-11/h7-9,12-13H,5-6,11H2,1-4H3. The Morgan fingerprint density at radius 2 is 1.54 bits per heavy atom. The summed E-state index contributed by atoms with van der Waals surface area (Å²) in [6.07, 6.45) is -0.242. The van der Waals surface area contributed by atoms with E-state index in [1.54, 1.807) is 0 Å². The second-order valence-electron chi connectivity index (χ2n) is 4.39. The maximum Gasteiger partial charge on any atom is 0.0718 e. The van der Waals surface area contributed by atoms with Gasteiger partial charge in [0.2, 0.25) is 0 Å². The molecule has 0 spiro atoms. The van der Waals surface area contributed by atoms with Gasteiger partial charge in [-0.05, 0) is 11.8 Å². The van der Waals surface area contributed by atoms with Gasteiger partial charge >= 0.3 is 0 Å². The zero-order chi connectivity index (χ0) is 10.6. The summed E-state index contributed by atoms with van der Waals surface area (Å²) in [7, 11) is 0. The Bertz CT molecular complexity index is 138. The van der Waals surface area contributed by atoms with E-state index in [0.717, 1.165) is 0 Å². The van der Waals surface area contributed by atoms with Gasteiger partial charge in [0, 0.05) is 13.0 Å². The first-order chi connectivity index (χ1) is 5.84. The van der Waals surface area contributed by atoms with Crippen LogP contribution in [0.1, 0.15) is 34.1 Å². The first kappa shape index (κ1) is 12.9. The minimum atomic E-state index is -0.807. The van der Waals surface area contributed by atoms with Crippen LogP contribution in [0.15, 0.2) is 0 Å². The van der Waals surface area contributed by atoms with Crippen LogP contribution in [0.3, 0.4) is 0 Å². The van der Waals surface area contributed by atoms with Crippen LogP contribution >= 0.6 is 0 Å². The molecule has 0 bridgehead atoms. The van der Waals surface area contributed by atoms with Crippen LogP contribution in [0.5, 0.6) is 0 Å². The number of nitrogens with two attached hydrogens (primary N) is 1. The summed E-state index contributed by atoms with van der Waals surface area (Å²) in [4.78, 5) is 0. The molecule has 4 N–H and O–H groups in total. The smallest absolute Gasteiger partial charge is 0.0718 e. The van der Waals surface area contributed by atoms with Gasteiger partial charge < -0.3 is 15.9 Å². The topological polar surface area (TPSA) is 66.5 Å². The maximum absolute atomic E-state index is 10.3. The Kier molecular flexibility index (Phi) is 4.89. The van der Waals surface area contributed by atoms with Crippen molar-refractivity contribution in [3.8, 4) is 0 Å². The van der Waals surface area contributed by atoms with Crippen LogP contribution in [0.25, 0.3) is 0 Å². The minimum Gasteiger partial charge on any atom is -0.392 e. The molecule has 0 saturated carbocycles. The first-order valence-electron chi connectivity index (χ1n) is 4.95. The summed E-state index contributed by atoms with van der Waals surface area (Å²) >= 11 is 0. The van der Waals surface area contributed by atoms with Crippen molar-refractivity contribution in [2.45, 2.75) is 45.8 Å². The Labute approximate surface area is 81.0 Å². The number of hydrogen-bond acceptors (Lipinski definition) is 3. The number of aliphatic hydroxyl groups excluding tert-OH is 1. The molecule has 0 aliphatic carbocycles. The van der Waals surface area contributed by atoms with Crippen molar-refractivity contribution in [3.05, 3.63) is 0 Å². The Morgan fingerprint density at radius 1 is 1.15 bits per heavy atom. The molecule has 0 heterocycles. The highest BCUT2D eigenvalue weighted by atomic mass is 16.3. The van der Waals surface area contributed by atoms with Crippen molar-refractivity contribution < 1.29 is 10.2 Å². The molecule has 0 aromatic rings. The van der Waals surface area contributed by atoms with Gasteiger partial charge in [0.05, 0.1) is 11.7 Å². The van der Waals surface area contributed by atoms with Gasteiger partial charge in [0.15, 0.2) is 0 Å². The molecule has 0 saturated heterocycles. The Hall–Kier alpha value is -0.120. The zero-order valence-corrected chi connectivity index (χ0v) is 9.12. The fourth-order valence-electron chi connectivity index (χ4n) is 1.60. The lowest BCUT2D eigenvalue weighted by Crippen LogP contribution is -2.45. The van der Waals surface area contributed by atoms with E-state index in [1.165, 1.54) is 0 Å². The van der Waals surface area contributed by atoms with Gasteiger partial charge in [-0.3, -0.25) is 0 Å². The molecule has 1 unspecified atom stereocenters. The van der Waals surface area contributed by atoms with Crippen molar-refractivity contribution in [2.24, 2.45) is 17.6 Å². The van der Waals surface area contributed by atoms with Crippen LogP contribution < -0.4 is 5.73 Å². The van der Waals surface area contributed by atoms with E-state index in [2.05, 4.69) is 0 Å².